The number of para-hydroxylation sites is 1. The van der Waals surface area contributed by atoms with Gasteiger partial charge in [-0.15, -0.1) is 0 Å². The van der Waals surface area contributed by atoms with Crippen LogP contribution in [0.25, 0.3) is 6.08 Å². The number of thioether (sulfide) groups is 1. The van der Waals surface area contributed by atoms with E-state index in [9.17, 15) is 9.59 Å². The van der Waals surface area contributed by atoms with Crippen LogP contribution in [0.2, 0.25) is 0 Å². The molecule has 3 nitrogen and oxygen atoms in total. The lowest BCUT2D eigenvalue weighted by Crippen LogP contribution is -2.28. The second-order valence-electron chi connectivity index (χ2n) is 5.48. The Morgan fingerprint density at radius 1 is 1.12 bits per heavy atom. The number of ketones is 1. The molecule has 0 spiro atoms. The molecule has 0 unspecified atom stereocenters. The standard InChI is InChI=1S/C19H15NO2S2/c1-12-5-3-4-6-16(12)20-18(22)17(24-19(20)23)11-14-7-9-15(10-8-14)13(2)21/h3-11H,1-2H3/b17-11-. The largest absolute Gasteiger partial charge is 0.295 e. The Bertz CT molecular complexity index is 869. The summed E-state index contributed by atoms with van der Waals surface area (Å²) in [5.41, 5.74) is 3.33. The molecule has 1 aliphatic heterocycles. The molecule has 1 fully saturated rings. The Hall–Kier alpha value is -2.24. The van der Waals surface area contributed by atoms with E-state index in [0.717, 1.165) is 16.8 Å². The van der Waals surface area contributed by atoms with Crippen LogP contribution >= 0.6 is 24.0 Å². The number of carbonyl (C=O) groups excluding carboxylic acids is 2. The predicted octanol–water partition coefficient (Wildman–Crippen LogP) is 4.60. The lowest BCUT2D eigenvalue weighted by molar-refractivity contribution is -0.113. The highest BCUT2D eigenvalue weighted by atomic mass is 32.2. The van der Waals surface area contributed by atoms with E-state index < -0.39 is 0 Å². The van der Waals surface area contributed by atoms with E-state index in [2.05, 4.69) is 0 Å². The molecular formula is C19H15NO2S2. The maximum absolute atomic E-state index is 12.7. The first-order valence-electron chi connectivity index (χ1n) is 7.42. The number of carbonyl (C=O) groups is 2. The highest BCUT2D eigenvalue weighted by Gasteiger charge is 2.33. The minimum absolute atomic E-state index is 0.0208. The monoisotopic (exact) mass is 353 g/mol. The van der Waals surface area contributed by atoms with Crippen LogP contribution in [-0.2, 0) is 4.79 Å². The molecule has 0 radical (unpaired) electrons. The van der Waals surface area contributed by atoms with Gasteiger partial charge in [-0.25, -0.2) is 0 Å². The van der Waals surface area contributed by atoms with E-state index in [1.165, 1.54) is 18.7 Å². The van der Waals surface area contributed by atoms with Gasteiger partial charge in [0.1, 0.15) is 0 Å². The maximum atomic E-state index is 12.7. The van der Waals surface area contributed by atoms with Crippen molar-refractivity contribution < 1.29 is 9.59 Å². The van der Waals surface area contributed by atoms with Crippen molar-refractivity contribution in [2.45, 2.75) is 13.8 Å². The first-order valence-corrected chi connectivity index (χ1v) is 8.64. The van der Waals surface area contributed by atoms with Gasteiger partial charge in [-0.1, -0.05) is 66.4 Å². The third-order valence-electron chi connectivity index (χ3n) is 3.77. The third-order valence-corrected chi connectivity index (χ3v) is 5.07. The van der Waals surface area contributed by atoms with Crippen LogP contribution in [0.4, 0.5) is 5.69 Å². The van der Waals surface area contributed by atoms with Crippen molar-refractivity contribution in [3.05, 3.63) is 70.1 Å². The average Bonchev–Trinajstić information content (AvgIpc) is 2.83. The smallest absolute Gasteiger partial charge is 0.270 e. The summed E-state index contributed by atoms with van der Waals surface area (Å²) in [7, 11) is 0. The molecule has 0 saturated carbocycles. The Labute approximate surface area is 150 Å². The van der Waals surface area contributed by atoms with Crippen LogP contribution in [0, 0.1) is 6.92 Å². The molecule has 0 aliphatic carbocycles. The number of aryl methyl sites for hydroxylation is 1. The number of rotatable bonds is 3. The molecule has 0 bridgehead atoms. The van der Waals surface area contributed by atoms with Crippen molar-refractivity contribution in [1.82, 2.24) is 0 Å². The maximum Gasteiger partial charge on any atom is 0.270 e. The molecule has 0 aromatic heterocycles. The zero-order valence-corrected chi connectivity index (χ0v) is 14.9. The zero-order valence-electron chi connectivity index (χ0n) is 13.3. The number of hydrogen-bond donors (Lipinski definition) is 0. The van der Waals surface area contributed by atoms with Crippen LogP contribution in [0.15, 0.2) is 53.4 Å². The summed E-state index contributed by atoms with van der Waals surface area (Å²) < 4.78 is 0.529. The second kappa shape index (κ2) is 6.71. The minimum Gasteiger partial charge on any atom is -0.295 e. The van der Waals surface area contributed by atoms with Crippen molar-refractivity contribution in [2.75, 3.05) is 4.90 Å². The number of nitrogens with zero attached hydrogens (tertiary/aromatic N) is 1. The van der Waals surface area contributed by atoms with E-state index in [1.807, 2.05) is 49.4 Å². The van der Waals surface area contributed by atoms with Gasteiger partial charge in [0.05, 0.1) is 10.6 Å². The Morgan fingerprint density at radius 3 is 2.42 bits per heavy atom. The first kappa shape index (κ1) is 16.6. The molecule has 0 atom stereocenters. The van der Waals surface area contributed by atoms with Crippen LogP contribution in [0.5, 0.6) is 0 Å². The summed E-state index contributed by atoms with van der Waals surface area (Å²) in [6.07, 6.45) is 1.81. The van der Waals surface area contributed by atoms with Gasteiger partial charge in [0.25, 0.3) is 5.91 Å². The lowest BCUT2D eigenvalue weighted by atomic mass is 10.1. The topological polar surface area (TPSA) is 37.4 Å². The molecule has 120 valence electrons. The summed E-state index contributed by atoms with van der Waals surface area (Å²) in [6, 6.07) is 14.9. The molecule has 1 aliphatic rings. The molecule has 5 heteroatoms. The lowest BCUT2D eigenvalue weighted by Gasteiger charge is -2.16. The highest BCUT2D eigenvalue weighted by molar-refractivity contribution is 8.27. The van der Waals surface area contributed by atoms with E-state index >= 15 is 0 Å². The van der Waals surface area contributed by atoms with E-state index in [4.69, 9.17) is 12.2 Å². The SMILES string of the molecule is CC(=O)c1ccc(/C=C2\SC(=S)N(c3ccccc3C)C2=O)cc1. The number of thiocarbonyl (C=S) groups is 1. The Kier molecular flexibility index (Phi) is 4.64. The fraction of sp³-hybridized carbons (Fsp3) is 0.105. The van der Waals surface area contributed by atoms with Crippen molar-refractivity contribution >= 4 is 51.8 Å². The summed E-state index contributed by atoms with van der Waals surface area (Å²) >= 11 is 6.68. The van der Waals surface area contributed by atoms with Gasteiger partial charge < -0.3 is 0 Å². The molecular weight excluding hydrogens is 338 g/mol. The third kappa shape index (κ3) is 3.18. The molecule has 24 heavy (non-hydrogen) atoms. The van der Waals surface area contributed by atoms with Crippen LogP contribution < -0.4 is 4.90 Å². The highest BCUT2D eigenvalue weighted by Crippen LogP contribution is 2.37. The van der Waals surface area contributed by atoms with Crippen molar-refractivity contribution in [3.8, 4) is 0 Å². The van der Waals surface area contributed by atoms with E-state index in [1.54, 1.807) is 17.0 Å². The van der Waals surface area contributed by atoms with Gasteiger partial charge in [-0.2, -0.15) is 0 Å². The van der Waals surface area contributed by atoms with Gasteiger partial charge in [0.2, 0.25) is 0 Å². The summed E-state index contributed by atoms with van der Waals surface area (Å²) in [6.45, 7) is 3.49. The molecule has 2 aromatic carbocycles. The van der Waals surface area contributed by atoms with Crippen molar-refractivity contribution in [3.63, 3.8) is 0 Å². The van der Waals surface area contributed by atoms with Crippen LogP contribution in [0.3, 0.4) is 0 Å². The molecule has 2 aromatic rings. The van der Waals surface area contributed by atoms with Crippen LogP contribution in [-0.4, -0.2) is 16.0 Å². The predicted molar refractivity (Wildman–Crippen MR) is 103 cm³/mol. The Morgan fingerprint density at radius 2 is 1.79 bits per heavy atom. The molecule has 1 saturated heterocycles. The van der Waals surface area contributed by atoms with Crippen molar-refractivity contribution in [2.24, 2.45) is 0 Å². The van der Waals surface area contributed by atoms with Gasteiger partial charge in [0, 0.05) is 5.56 Å². The number of amides is 1. The molecule has 1 amide bonds. The second-order valence-corrected chi connectivity index (χ2v) is 7.16. The summed E-state index contributed by atoms with van der Waals surface area (Å²) in [5, 5.41) is 0. The molecule has 1 heterocycles. The van der Waals surface area contributed by atoms with E-state index in [-0.39, 0.29) is 11.7 Å². The number of Topliss-reactive ketones (excluding diaryl/α,β-unsaturated/α-hetero) is 1. The van der Waals surface area contributed by atoms with Gasteiger partial charge in [-0.3, -0.25) is 14.5 Å². The Balaban J connectivity index is 1.91. The van der Waals surface area contributed by atoms with E-state index in [0.29, 0.717) is 14.8 Å². The van der Waals surface area contributed by atoms with Crippen LogP contribution in [0.1, 0.15) is 28.4 Å². The zero-order chi connectivity index (χ0) is 17.3. The number of benzene rings is 2. The normalized spacial score (nSPS) is 16.1. The molecule has 3 rings (SSSR count). The van der Waals surface area contributed by atoms with Gasteiger partial charge in [-0.05, 0) is 37.1 Å². The fourth-order valence-electron chi connectivity index (χ4n) is 2.46. The van der Waals surface area contributed by atoms with Gasteiger partial charge >= 0.3 is 0 Å². The first-order chi connectivity index (χ1) is 11.5. The average molecular weight is 353 g/mol. The van der Waals surface area contributed by atoms with Gasteiger partial charge in [0.15, 0.2) is 10.1 Å². The number of anilines is 1. The fourth-order valence-corrected chi connectivity index (χ4v) is 3.74. The quantitative estimate of drug-likeness (QED) is 0.459. The number of hydrogen-bond acceptors (Lipinski definition) is 4. The minimum atomic E-state index is -0.116. The molecule has 0 N–H and O–H groups in total. The summed E-state index contributed by atoms with van der Waals surface area (Å²) in [4.78, 5) is 26.2. The van der Waals surface area contributed by atoms with Crippen molar-refractivity contribution in [1.29, 1.82) is 0 Å². The summed E-state index contributed by atoms with van der Waals surface area (Å²) in [5.74, 6) is -0.0950.